The Hall–Kier alpha value is -2.62. The minimum absolute atomic E-state index is 0.113. The van der Waals surface area contributed by atoms with E-state index in [9.17, 15) is 9.59 Å². The van der Waals surface area contributed by atoms with Gasteiger partial charge in [-0.15, -0.1) is 0 Å². The van der Waals surface area contributed by atoms with Gasteiger partial charge in [-0.3, -0.25) is 9.59 Å². The molecule has 4 heteroatoms. The second kappa shape index (κ2) is 5.23. The molecule has 1 heterocycles. The smallest absolute Gasteiger partial charge is 0.256 e. The van der Waals surface area contributed by atoms with E-state index in [1.54, 1.807) is 6.07 Å². The largest absolute Gasteiger partial charge is 0.349 e. The van der Waals surface area contributed by atoms with Crippen molar-refractivity contribution < 1.29 is 4.79 Å². The first-order valence-electron chi connectivity index (χ1n) is 8.06. The summed E-state index contributed by atoms with van der Waals surface area (Å²) in [6.45, 7) is 2.07. The molecule has 0 atom stereocenters. The van der Waals surface area contributed by atoms with Crippen LogP contribution in [0.5, 0.6) is 0 Å². The molecule has 3 aromatic rings. The molecule has 0 unspecified atom stereocenters. The Bertz CT molecular complexity index is 984. The van der Waals surface area contributed by atoms with Crippen LogP contribution in [0.3, 0.4) is 0 Å². The first-order valence-corrected chi connectivity index (χ1v) is 8.06. The number of carbonyl (C=O) groups is 1. The lowest BCUT2D eigenvalue weighted by atomic mass is 10.0. The second-order valence-electron chi connectivity index (χ2n) is 6.16. The highest BCUT2D eigenvalue weighted by Crippen LogP contribution is 2.26. The van der Waals surface area contributed by atoms with E-state index >= 15 is 0 Å². The maximum atomic E-state index is 12.5. The number of nitrogens with one attached hydrogen (secondary N) is 2. The van der Waals surface area contributed by atoms with Gasteiger partial charge in [0, 0.05) is 16.8 Å². The lowest BCUT2D eigenvalue weighted by Crippen LogP contribution is -2.26. The molecule has 1 fully saturated rings. The number of para-hydroxylation sites is 1. The fourth-order valence-corrected chi connectivity index (χ4v) is 3.01. The minimum atomic E-state index is -0.144. The molecule has 0 saturated heterocycles. The molecule has 23 heavy (non-hydrogen) atoms. The van der Waals surface area contributed by atoms with E-state index < -0.39 is 0 Å². The molecule has 1 aliphatic rings. The second-order valence-corrected chi connectivity index (χ2v) is 6.16. The Balaban J connectivity index is 1.97. The van der Waals surface area contributed by atoms with Crippen LogP contribution in [0.25, 0.3) is 21.7 Å². The fraction of sp³-hybridized carbons (Fsp3) is 0.263. The van der Waals surface area contributed by atoms with Crippen LogP contribution in [0.15, 0.2) is 41.2 Å². The predicted molar refractivity (Wildman–Crippen MR) is 91.9 cm³/mol. The van der Waals surface area contributed by atoms with Crippen LogP contribution in [0.2, 0.25) is 0 Å². The first kappa shape index (κ1) is 14.0. The summed E-state index contributed by atoms with van der Waals surface area (Å²) in [5.74, 6) is -0.113. The summed E-state index contributed by atoms with van der Waals surface area (Å²) in [7, 11) is 0. The number of pyridine rings is 1. The molecular weight excluding hydrogens is 288 g/mol. The number of fused-ring (bicyclic) bond motifs is 3. The molecule has 1 saturated carbocycles. The maximum Gasteiger partial charge on any atom is 0.256 e. The number of H-pyrrole nitrogens is 1. The molecule has 0 spiro atoms. The Morgan fingerprint density at radius 3 is 2.74 bits per heavy atom. The van der Waals surface area contributed by atoms with Gasteiger partial charge in [0.1, 0.15) is 0 Å². The van der Waals surface area contributed by atoms with E-state index in [4.69, 9.17) is 0 Å². The van der Waals surface area contributed by atoms with Gasteiger partial charge in [-0.1, -0.05) is 31.2 Å². The molecule has 116 valence electrons. The Morgan fingerprint density at radius 2 is 2.00 bits per heavy atom. The van der Waals surface area contributed by atoms with Gasteiger partial charge in [-0.2, -0.15) is 0 Å². The van der Waals surface area contributed by atoms with Gasteiger partial charge in [0.25, 0.3) is 11.5 Å². The zero-order valence-electron chi connectivity index (χ0n) is 13.0. The molecular formula is C19H18N2O2. The van der Waals surface area contributed by atoms with Crippen molar-refractivity contribution in [3.8, 4) is 0 Å². The molecule has 0 radical (unpaired) electrons. The summed E-state index contributed by atoms with van der Waals surface area (Å²) >= 11 is 0. The summed E-state index contributed by atoms with van der Waals surface area (Å²) in [6, 6.07) is 11.8. The van der Waals surface area contributed by atoms with Crippen LogP contribution in [-0.2, 0) is 6.42 Å². The Labute approximate surface area is 133 Å². The van der Waals surface area contributed by atoms with Crippen molar-refractivity contribution in [2.45, 2.75) is 32.2 Å². The first-order chi connectivity index (χ1) is 11.2. The molecule has 4 nitrogen and oxygen atoms in total. The van der Waals surface area contributed by atoms with Crippen molar-refractivity contribution in [3.63, 3.8) is 0 Å². The van der Waals surface area contributed by atoms with Gasteiger partial charge in [0.05, 0.1) is 11.1 Å². The van der Waals surface area contributed by atoms with Crippen LogP contribution < -0.4 is 10.9 Å². The van der Waals surface area contributed by atoms with Crippen LogP contribution >= 0.6 is 0 Å². The van der Waals surface area contributed by atoms with E-state index in [1.807, 2.05) is 30.3 Å². The average Bonchev–Trinajstić information content (AvgIpc) is 3.38. The topological polar surface area (TPSA) is 62.0 Å². The maximum absolute atomic E-state index is 12.5. The third-order valence-electron chi connectivity index (χ3n) is 4.49. The standard InChI is InChI=1S/C19H18N2O2/c1-2-11-6-9-13-14-4-3-5-15(18(22)20-12-7-8-12)17(14)21-19(23)16(13)10-11/h3-6,9-10,12H,2,7-8H2,1H3,(H,20,22)(H,21,23). The summed E-state index contributed by atoms with van der Waals surface area (Å²) in [5.41, 5.74) is 2.14. The van der Waals surface area contributed by atoms with Crippen LogP contribution in [0, 0.1) is 0 Å². The van der Waals surface area contributed by atoms with Crippen molar-refractivity contribution in [1.29, 1.82) is 0 Å². The van der Waals surface area contributed by atoms with Gasteiger partial charge in [-0.25, -0.2) is 0 Å². The molecule has 1 aromatic heterocycles. The number of carbonyl (C=O) groups excluding carboxylic acids is 1. The molecule has 0 bridgehead atoms. The zero-order chi connectivity index (χ0) is 16.0. The highest BCUT2D eigenvalue weighted by molar-refractivity contribution is 6.13. The summed E-state index contributed by atoms with van der Waals surface area (Å²) < 4.78 is 0. The molecule has 1 aliphatic carbocycles. The zero-order valence-corrected chi connectivity index (χ0v) is 13.0. The van der Waals surface area contributed by atoms with Gasteiger partial charge in [0.15, 0.2) is 0 Å². The van der Waals surface area contributed by atoms with Gasteiger partial charge in [-0.05, 0) is 42.3 Å². The lowest BCUT2D eigenvalue weighted by molar-refractivity contribution is 0.0952. The van der Waals surface area contributed by atoms with Gasteiger partial charge >= 0.3 is 0 Å². The number of benzene rings is 2. The highest BCUT2D eigenvalue weighted by atomic mass is 16.2. The minimum Gasteiger partial charge on any atom is -0.349 e. The van der Waals surface area contributed by atoms with E-state index in [1.165, 1.54) is 0 Å². The van der Waals surface area contributed by atoms with E-state index in [-0.39, 0.29) is 17.5 Å². The molecule has 2 aromatic carbocycles. The van der Waals surface area contributed by atoms with Crippen LogP contribution in [0.4, 0.5) is 0 Å². The highest BCUT2D eigenvalue weighted by Gasteiger charge is 2.24. The monoisotopic (exact) mass is 306 g/mol. The SMILES string of the molecule is CCc1ccc2c(c1)c(=O)[nH]c1c(C(=O)NC3CC3)cccc12. The van der Waals surface area contributed by atoms with Crippen molar-refractivity contribution in [3.05, 3.63) is 57.9 Å². The number of hydrogen-bond acceptors (Lipinski definition) is 2. The number of amides is 1. The predicted octanol–water partition coefficient (Wildman–Crippen LogP) is 3.14. The number of aryl methyl sites for hydroxylation is 1. The summed E-state index contributed by atoms with van der Waals surface area (Å²) in [4.78, 5) is 27.8. The molecule has 2 N–H and O–H groups in total. The molecule has 1 amide bonds. The van der Waals surface area contributed by atoms with Crippen molar-refractivity contribution in [2.24, 2.45) is 0 Å². The normalized spacial score (nSPS) is 14.3. The number of rotatable bonds is 3. The van der Waals surface area contributed by atoms with Gasteiger partial charge in [0.2, 0.25) is 0 Å². The van der Waals surface area contributed by atoms with Crippen molar-refractivity contribution >= 4 is 27.6 Å². The molecule has 0 aliphatic heterocycles. The van der Waals surface area contributed by atoms with Gasteiger partial charge < -0.3 is 10.3 Å². The number of aromatic amines is 1. The Morgan fingerprint density at radius 1 is 1.17 bits per heavy atom. The molecule has 4 rings (SSSR count). The fourth-order valence-electron chi connectivity index (χ4n) is 3.01. The quantitative estimate of drug-likeness (QED) is 0.730. The Kier molecular flexibility index (Phi) is 3.18. The van der Waals surface area contributed by atoms with Crippen LogP contribution in [-0.4, -0.2) is 16.9 Å². The number of hydrogen-bond donors (Lipinski definition) is 2. The van der Waals surface area contributed by atoms with E-state index in [2.05, 4.69) is 17.2 Å². The third-order valence-corrected chi connectivity index (χ3v) is 4.49. The number of aromatic nitrogens is 1. The van der Waals surface area contributed by atoms with Crippen molar-refractivity contribution in [2.75, 3.05) is 0 Å². The average molecular weight is 306 g/mol. The van der Waals surface area contributed by atoms with E-state index in [0.29, 0.717) is 16.5 Å². The summed E-state index contributed by atoms with van der Waals surface area (Å²) in [5, 5.41) is 5.46. The summed E-state index contributed by atoms with van der Waals surface area (Å²) in [6.07, 6.45) is 2.96. The van der Waals surface area contributed by atoms with Crippen molar-refractivity contribution in [1.82, 2.24) is 10.3 Å². The van der Waals surface area contributed by atoms with Crippen LogP contribution in [0.1, 0.15) is 35.7 Å². The third kappa shape index (κ3) is 2.40. The lowest BCUT2D eigenvalue weighted by Gasteiger charge is -2.10. The van der Waals surface area contributed by atoms with E-state index in [0.717, 1.165) is 35.6 Å².